The molecule has 0 atom stereocenters. The predicted molar refractivity (Wildman–Crippen MR) is 98.7 cm³/mol. The molecule has 0 unspecified atom stereocenters. The van der Waals surface area contributed by atoms with Crippen LogP contribution >= 0.6 is 11.3 Å². The molecule has 132 valence electrons. The molecule has 3 aromatic rings. The molecule has 1 heterocycles. The van der Waals surface area contributed by atoms with E-state index >= 15 is 0 Å². The van der Waals surface area contributed by atoms with Crippen molar-refractivity contribution in [1.29, 1.82) is 0 Å². The van der Waals surface area contributed by atoms with Gasteiger partial charge in [-0.15, -0.1) is 11.3 Å². The van der Waals surface area contributed by atoms with Gasteiger partial charge in [-0.2, -0.15) is 0 Å². The summed E-state index contributed by atoms with van der Waals surface area (Å²) in [5.74, 6) is -0.933. The fourth-order valence-corrected chi connectivity index (χ4v) is 3.13. The Morgan fingerprint density at radius 2 is 1.77 bits per heavy atom. The molecule has 2 aromatic carbocycles. The minimum atomic E-state index is -0.350. The molecule has 2 amide bonds. The highest BCUT2D eigenvalue weighted by molar-refractivity contribution is 7.15. The van der Waals surface area contributed by atoms with Crippen LogP contribution in [0.4, 0.5) is 9.52 Å². The quantitative estimate of drug-likeness (QED) is 0.701. The van der Waals surface area contributed by atoms with E-state index in [0.29, 0.717) is 17.1 Å². The highest BCUT2D eigenvalue weighted by Crippen LogP contribution is 2.21. The van der Waals surface area contributed by atoms with Gasteiger partial charge in [-0.3, -0.25) is 9.59 Å². The monoisotopic (exact) mass is 369 g/mol. The van der Waals surface area contributed by atoms with Gasteiger partial charge >= 0.3 is 0 Å². The molecule has 0 radical (unpaired) electrons. The lowest BCUT2D eigenvalue weighted by atomic mass is 10.1. The fraction of sp³-hybridized carbons (Fsp3) is 0.105. The lowest BCUT2D eigenvalue weighted by Gasteiger charge is -2.04. The van der Waals surface area contributed by atoms with Crippen molar-refractivity contribution in [2.75, 3.05) is 11.9 Å². The summed E-state index contributed by atoms with van der Waals surface area (Å²) >= 11 is 1.34. The van der Waals surface area contributed by atoms with E-state index in [4.69, 9.17) is 0 Å². The van der Waals surface area contributed by atoms with Crippen LogP contribution in [0.5, 0.6) is 0 Å². The van der Waals surface area contributed by atoms with E-state index in [9.17, 15) is 14.0 Å². The number of amides is 2. The van der Waals surface area contributed by atoms with E-state index in [-0.39, 0.29) is 24.2 Å². The molecule has 0 aliphatic carbocycles. The van der Waals surface area contributed by atoms with Crippen molar-refractivity contribution in [1.82, 2.24) is 10.3 Å². The summed E-state index contributed by atoms with van der Waals surface area (Å²) in [4.78, 5) is 29.0. The van der Waals surface area contributed by atoms with Gasteiger partial charge in [0, 0.05) is 23.1 Å². The molecule has 1 aromatic heterocycles. The zero-order chi connectivity index (χ0) is 18.4. The van der Waals surface area contributed by atoms with E-state index in [2.05, 4.69) is 15.6 Å². The van der Waals surface area contributed by atoms with Crippen molar-refractivity contribution < 1.29 is 14.0 Å². The molecule has 5 nitrogen and oxygen atoms in total. The summed E-state index contributed by atoms with van der Waals surface area (Å²) < 4.78 is 12.9. The van der Waals surface area contributed by atoms with Gasteiger partial charge in [-0.05, 0) is 29.8 Å². The average Bonchev–Trinajstić information content (AvgIpc) is 3.09. The van der Waals surface area contributed by atoms with Gasteiger partial charge in [0.1, 0.15) is 5.82 Å². The molecule has 0 spiro atoms. The highest BCUT2D eigenvalue weighted by Gasteiger charge is 2.10. The molecule has 0 aliphatic heterocycles. The minimum Gasteiger partial charge on any atom is -0.343 e. The lowest BCUT2D eigenvalue weighted by Crippen LogP contribution is -2.32. The van der Waals surface area contributed by atoms with Gasteiger partial charge in [0.25, 0.3) is 5.91 Å². The van der Waals surface area contributed by atoms with Crippen molar-refractivity contribution in [3.63, 3.8) is 0 Å². The number of rotatable bonds is 6. The average molecular weight is 369 g/mol. The Hall–Kier alpha value is -3.06. The van der Waals surface area contributed by atoms with Crippen molar-refractivity contribution in [3.8, 4) is 0 Å². The van der Waals surface area contributed by atoms with Crippen LogP contribution in [-0.4, -0.2) is 23.3 Å². The molecule has 2 N–H and O–H groups in total. The number of hydrogen-bond acceptors (Lipinski definition) is 4. The normalized spacial score (nSPS) is 10.3. The number of nitrogens with zero attached hydrogens (tertiary/aromatic N) is 1. The van der Waals surface area contributed by atoms with Gasteiger partial charge in [0.15, 0.2) is 5.13 Å². The Balaban J connectivity index is 1.49. The largest absolute Gasteiger partial charge is 0.343 e. The molecular weight excluding hydrogens is 353 g/mol. The smallest absolute Gasteiger partial charge is 0.251 e. The van der Waals surface area contributed by atoms with Crippen molar-refractivity contribution >= 4 is 28.3 Å². The number of thiazole rings is 1. The fourth-order valence-electron chi connectivity index (χ4n) is 2.27. The number of halogens is 1. The first-order valence-electron chi connectivity index (χ1n) is 7.92. The number of hydrogen-bond donors (Lipinski definition) is 2. The van der Waals surface area contributed by atoms with Crippen molar-refractivity contribution in [3.05, 3.63) is 82.6 Å². The van der Waals surface area contributed by atoms with Crippen molar-refractivity contribution in [2.24, 2.45) is 0 Å². The van der Waals surface area contributed by atoms with E-state index in [0.717, 1.165) is 10.4 Å². The molecule has 0 bridgehead atoms. The van der Waals surface area contributed by atoms with Crippen LogP contribution in [0.1, 0.15) is 20.8 Å². The maximum absolute atomic E-state index is 12.9. The van der Waals surface area contributed by atoms with Crippen LogP contribution in [0.25, 0.3) is 0 Å². The topological polar surface area (TPSA) is 71.1 Å². The summed E-state index contributed by atoms with van der Waals surface area (Å²) in [6, 6.07) is 14.9. The maximum Gasteiger partial charge on any atom is 0.251 e. The van der Waals surface area contributed by atoms with Gasteiger partial charge in [-0.25, -0.2) is 9.37 Å². The third kappa shape index (κ3) is 4.97. The predicted octanol–water partition coefficient (Wildman–Crippen LogP) is 3.24. The van der Waals surface area contributed by atoms with Crippen LogP contribution in [0.2, 0.25) is 0 Å². The van der Waals surface area contributed by atoms with Crippen LogP contribution in [0, 0.1) is 5.82 Å². The molecule has 0 saturated heterocycles. The van der Waals surface area contributed by atoms with Gasteiger partial charge in [0.2, 0.25) is 5.91 Å². The summed E-state index contributed by atoms with van der Waals surface area (Å²) in [7, 11) is 0. The highest BCUT2D eigenvalue weighted by atomic mass is 32.1. The van der Waals surface area contributed by atoms with Crippen LogP contribution in [0.3, 0.4) is 0 Å². The van der Waals surface area contributed by atoms with E-state index < -0.39 is 0 Å². The first-order valence-corrected chi connectivity index (χ1v) is 8.74. The summed E-state index contributed by atoms with van der Waals surface area (Å²) in [5, 5.41) is 5.68. The third-order valence-electron chi connectivity index (χ3n) is 3.54. The van der Waals surface area contributed by atoms with Crippen LogP contribution in [0.15, 0.2) is 60.8 Å². The Morgan fingerprint density at radius 3 is 2.50 bits per heavy atom. The summed E-state index contributed by atoms with van der Waals surface area (Å²) in [5.41, 5.74) is 1.46. The number of aromatic nitrogens is 1. The second kappa shape index (κ2) is 8.35. The summed E-state index contributed by atoms with van der Waals surface area (Å²) in [6.07, 6.45) is 2.28. The van der Waals surface area contributed by atoms with Gasteiger partial charge in [0.05, 0.1) is 6.54 Å². The Bertz CT molecular complexity index is 895. The number of nitrogens with one attached hydrogen (secondary N) is 2. The van der Waals surface area contributed by atoms with Crippen LogP contribution in [-0.2, 0) is 11.2 Å². The van der Waals surface area contributed by atoms with E-state index in [1.807, 2.05) is 6.07 Å². The zero-order valence-electron chi connectivity index (χ0n) is 13.7. The number of carbonyl (C=O) groups excluding carboxylic acids is 2. The SMILES string of the molecule is O=C(CNC(=O)c1ccccc1)Nc1ncc(Cc2ccc(F)cc2)s1. The standard InChI is InChI=1S/C19H16FN3O2S/c20-15-8-6-13(7-9-15)10-16-11-22-19(26-16)23-17(24)12-21-18(25)14-4-2-1-3-5-14/h1-9,11H,10,12H2,(H,21,25)(H,22,23,24). The number of anilines is 1. The van der Waals surface area contributed by atoms with E-state index in [1.165, 1.54) is 23.5 Å². The molecule has 3 rings (SSSR count). The molecule has 0 fully saturated rings. The second-order valence-electron chi connectivity index (χ2n) is 5.53. The zero-order valence-corrected chi connectivity index (χ0v) is 14.6. The minimum absolute atomic E-state index is 0.138. The maximum atomic E-state index is 12.9. The lowest BCUT2D eigenvalue weighted by molar-refractivity contribution is -0.115. The summed E-state index contributed by atoms with van der Waals surface area (Å²) in [6.45, 7) is -0.138. The molecule has 26 heavy (non-hydrogen) atoms. The Labute approximate surface area is 153 Å². The van der Waals surface area contributed by atoms with Gasteiger partial charge in [-0.1, -0.05) is 30.3 Å². The van der Waals surface area contributed by atoms with E-state index in [1.54, 1.807) is 42.6 Å². The van der Waals surface area contributed by atoms with Crippen molar-refractivity contribution in [2.45, 2.75) is 6.42 Å². The molecule has 7 heteroatoms. The Morgan fingerprint density at radius 1 is 1.04 bits per heavy atom. The molecular formula is C19H16FN3O2S. The second-order valence-corrected chi connectivity index (χ2v) is 6.65. The van der Waals surface area contributed by atoms with Crippen LogP contribution < -0.4 is 10.6 Å². The first kappa shape index (κ1) is 17.8. The Kier molecular flexibility index (Phi) is 5.70. The first-order chi connectivity index (χ1) is 12.6. The van der Waals surface area contributed by atoms with Gasteiger partial charge < -0.3 is 10.6 Å². The number of benzene rings is 2. The molecule has 0 aliphatic rings. The third-order valence-corrected chi connectivity index (χ3v) is 4.45. The molecule has 0 saturated carbocycles. The number of carbonyl (C=O) groups is 2.